The van der Waals surface area contributed by atoms with Crippen molar-refractivity contribution >= 4 is 57.2 Å². The number of halogens is 1. The van der Waals surface area contributed by atoms with Crippen LogP contribution in [0.5, 0.6) is 11.5 Å². The average molecular weight is 609 g/mol. The number of aromatic nitrogens is 2. The number of allylic oxidation sites excluding steroid dienone is 3. The second-order valence-corrected chi connectivity index (χ2v) is 11.7. The molecule has 0 fully saturated rings. The molecule has 2 heterocycles. The highest BCUT2D eigenvalue weighted by Crippen LogP contribution is 2.48. The van der Waals surface area contributed by atoms with Crippen LogP contribution >= 0.6 is 34.7 Å². The number of nitrogens with zero attached hydrogens (tertiary/aromatic N) is 4. The molecule has 1 aliphatic carbocycles. The fourth-order valence-corrected chi connectivity index (χ4v) is 6.84. The molecule has 0 saturated heterocycles. The van der Waals surface area contributed by atoms with Crippen molar-refractivity contribution in [2.24, 2.45) is 5.73 Å². The number of benzene rings is 2. The zero-order valence-electron chi connectivity index (χ0n) is 22.1. The topological polar surface area (TPSA) is 143 Å². The smallest absolute Gasteiger partial charge is 0.234 e. The van der Waals surface area contributed by atoms with Crippen LogP contribution in [-0.2, 0) is 9.59 Å². The monoisotopic (exact) mass is 608 g/mol. The fraction of sp³-hybridized carbons (Fsp3) is 0.250. The van der Waals surface area contributed by atoms with Gasteiger partial charge in [0.1, 0.15) is 5.82 Å². The van der Waals surface area contributed by atoms with E-state index in [-0.39, 0.29) is 28.8 Å². The first kappa shape index (κ1) is 28.5. The number of nitrogens with two attached hydrogens (primary N) is 1. The molecule has 5 rings (SSSR count). The first-order chi connectivity index (χ1) is 19.9. The van der Waals surface area contributed by atoms with Crippen LogP contribution in [0.25, 0.3) is 0 Å². The van der Waals surface area contributed by atoms with Crippen LogP contribution in [0, 0.1) is 11.3 Å². The van der Waals surface area contributed by atoms with Crippen molar-refractivity contribution in [1.82, 2.24) is 10.2 Å². The van der Waals surface area contributed by atoms with Crippen LogP contribution in [0.1, 0.15) is 30.7 Å². The lowest BCUT2D eigenvalue weighted by Gasteiger charge is -2.38. The Labute approximate surface area is 249 Å². The molecule has 1 amide bonds. The lowest BCUT2D eigenvalue weighted by Crippen LogP contribution is -2.38. The van der Waals surface area contributed by atoms with Gasteiger partial charge in [-0.05, 0) is 36.6 Å². The van der Waals surface area contributed by atoms with E-state index in [2.05, 4.69) is 21.6 Å². The van der Waals surface area contributed by atoms with Crippen molar-refractivity contribution in [2.45, 2.75) is 29.5 Å². The molecule has 1 aromatic heterocycles. The van der Waals surface area contributed by atoms with Gasteiger partial charge in [0.2, 0.25) is 11.0 Å². The Hall–Kier alpha value is -4.05. The number of nitrogens with one attached hydrogen (secondary N) is 1. The second-order valence-electron chi connectivity index (χ2n) is 9.09. The van der Waals surface area contributed by atoms with Crippen molar-refractivity contribution in [3.63, 3.8) is 0 Å². The quantitative estimate of drug-likeness (QED) is 0.326. The maximum absolute atomic E-state index is 13.3. The first-order valence-electron chi connectivity index (χ1n) is 12.5. The molecular formula is C28H25ClN6O4S2. The number of nitriles is 1. The molecule has 41 heavy (non-hydrogen) atoms. The maximum atomic E-state index is 13.3. The number of hydrogen-bond donors (Lipinski definition) is 2. The van der Waals surface area contributed by atoms with Crippen molar-refractivity contribution < 1.29 is 19.1 Å². The van der Waals surface area contributed by atoms with Gasteiger partial charge in [0.15, 0.2) is 21.6 Å². The van der Waals surface area contributed by atoms with Gasteiger partial charge in [0, 0.05) is 34.5 Å². The number of anilines is 2. The molecule has 3 aromatic rings. The largest absolute Gasteiger partial charge is 0.493 e. The number of thioether (sulfide) groups is 1. The third-order valence-corrected chi connectivity index (χ3v) is 9.10. The summed E-state index contributed by atoms with van der Waals surface area (Å²) < 4.78 is 11.1. The second kappa shape index (κ2) is 12.2. The van der Waals surface area contributed by atoms with E-state index in [4.69, 9.17) is 26.8 Å². The number of methoxy groups -OCH3 is 2. The van der Waals surface area contributed by atoms with E-state index >= 15 is 0 Å². The molecule has 10 nitrogen and oxygen atoms in total. The molecule has 3 N–H and O–H groups in total. The highest BCUT2D eigenvalue weighted by Gasteiger charge is 2.41. The molecule has 2 aromatic carbocycles. The zero-order valence-corrected chi connectivity index (χ0v) is 24.5. The van der Waals surface area contributed by atoms with Gasteiger partial charge in [0.25, 0.3) is 0 Å². The van der Waals surface area contributed by atoms with Gasteiger partial charge in [-0.15, -0.1) is 10.2 Å². The third kappa shape index (κ3) is 5.61. The van der Waals surface area contributed by atoms with Gasteiger partial charge in [-0.3, -0.25) is 14.5 Å². The Morgan fingerprint density at radius 3 is 2.73 bits per heavy atom. The molecule has 1 aliphatic heterocycles. The minimum absolute atomic E-state index is 0.0487. The summed E-state index contributed by atoms with van der Waals surface area (Å²) in [7, 11) is 3.06. The lowest BCUT2D eigenvalue weighted by molar-refractivity contribution is -0.116. The van der Waals surface area contributed by atoms with Gasteiger partial charge in [-0.2, -0.15) is 5.26 Å². The molecule has 210 valence electrons. The molecule has 2 aliphatic rings. The Morgan fingerprint density at radius 1 is 1.22 bits per heavy atom. The number of Topliss-reactive ketones (excluding diaryl/α,β-unsaturated/α-hetero) is 1. The van der Waals surface area contributed by atoms with E-state index in [1.54, 1.807) is 35.2 Å². The molecule has 0 radical (unpaired) electrons. The van der Waals surface area contributed by atoms with Crippen molar-refractivity contribution in [2.75, 3.05) is 30.2 Å². The average Bonchev–Trinajstić information content (AvgIpc) is 3.44. The molecule has 0 bridgehead atoms. The third-order valence-electron chi connectivity index (χ3n) is 6.71. The van der Waals surface area contributed by atoms with Crippen molar-refractivity contribution in [3.05, 3.63) is 75.7 Å². The Balaban J connectivity index is 1.38. The predicted octanol–water partition coefficient (Wildman–Crippen LogP) is 5.24. The van der Waals surface area contributed by atoms with Crippen LogP contribution < -0.4 is 25.4 Å². The summed E-state index contributed by atoms with van der Waals surface area (Å²) in [6.07, 6.45) is 1.60. The van der Waals surface area contributed by atoms with Crippen LogP contribution in [0.15, 0.2) is 69.5 Å². The summed E-state index contributed by atoms with van der Waals surface area (Å²) in [6.45, 7) is 0. The Morgan fingerprint density at radius 2 is 2.00 bits per heavy atom. The van der Waals surface area contributed by atoms with Crippen LogP contribution in [0.2, 0.25) is 5.02 Å². The van der Waals surface area contributed by atoms with Gasteiger partial charge >= 0.3 is 0 Å². The minimum Gasteiger partial charge on any atom is -0.493 e. The van der Waals surface area contributed by atoms with E-state index < -0.39 is 5.92 Å². The summed E-state index contributed by atoms with van der Waals surface area (Å²) in [5.74, 6) is 0.379. The SMILES string of the molecule is COc1ccc(NC(=O)CSc2nnc(N3C(N)=C(C#N)C(c4ccccc4Cl)C4=C3CCCC4=O)s2)cc1OC. The maximum Gasteiger partial charge on any atom is 0.234 e. The number of ether oxygens (including phenoxy) is 2. The Kier molecular flexibility index (Phi) is 8.49. The number of amides is 1. The van der Waals surface area contributed by atoms with Gasteiger partial charge in [-0.25, -0.2) is 0 Å². The first-order valence-corrected chi connectivity index (χ1v) is 14.7. The predicted molar refractivity (Wildman–Crippen MR) is 158 cm³/mol. The number of carbonyl (C=O) groups excluding carboxylic acids is 2. The molecule has 0 spiro atoms. The molecule has 1 unspecified atom stereocenters. The van der Waals surface area contributed by atoms with Gasteiger partial charge in [0.05, 0.1) is 37.5 Å². The summed E-state index contributed by atoms with van der Waals surface area (Å²) in [6, 6.07) is 14.5. The van der Waals surface area contributed by atoms with E-state index in [1.165, 1.54) is 37.3 Å². The summed E-state index contributed by atoms with van der Waals surface area (Å²) in [5.41, 5.74) is 9.26. The van der Waals surface area contributed by atoms with Crippen molar-refractivity contribution in [1.29, 1.82) is 5.26 Å². The standard InChI is InChI=1S/C28H25ClN6O4S2/c1-38-21-11-10-15(12-22(21)39-2)32-23(37)14-40-28-34-33-27(41-28)35-19-8-5-9-20(36)25(19)24(17(13-30)26(35)31)16-6-3-4-7-18(16)29/h3-4,6-7,10-12,24H,5,8-9,14,31H2,1-2H3,(H,32,37). The van der Waals surface area contributed by atoms with E-state index in [0.29, 0.717) is 67.8 Å². The van der Waals surface area contributed by atoms with Crippen LogP contribution in [0.4, 0.5) is 10.8 Å². The zero-order chi connectivity index (χ0) is 29.1. The molecule has 0 saturated carbocycles. The summed E-state index contributed by atoms with van der Waals surface area (Å²) >= 11 is 8.96. The van der Waals surface area contributed by atoms with E-state index in [1.807, 2.05) is 12.1 Å². The molecule has 13 heteroatoms. The minimum atomic E-state index is -0.658. The van der Waals surface area contributed by atoms with Crippen molar-refractivity contribution in [3.8, 4) is 17.6 Å². The normalized spacial score (nSPS) is 16.8. The number of rotatable bonds is 8. The fourth-order valence-electron chi connectivity index (χ4n) is 4.91. The molecular weight excluding hydrogens is 584 g/mol. The van der Waals surface area contributed by atoms with E-state index in [9.17, 15) is 14.9 Å². The summed E-state index contributed by atoms with van der Waals surface area (Å²) in [4.78, 5) is 27.6. The van der Waals surface area contributed by atoms with Crippen LogP contribution in [0.3, 0.4) is 0 Å². The van der Waals surface area contributed by atoms with E-state index in [0.717, 1.165) is 0 Å². The lowest BCUT2D eigenvalue weighted by atomic mass is 9.76. The number of carbonyl (C=O) groups is 2. The Bertz CT molecular complexity index is 1630. The summed E-state index contributed by atoms with van der Waals surface area (Å²) in [5, 5.41) is 22.4. The number of ketones is 1. The van der Waals surface area contributed by atoms with Gasteiger partial charge < -0.3 is 20.5 Å². The molecule has 1 atom stereocenters. The van der Waals surface area contributed by atoms with Crippen LogP contribution in [-0.4, -0.2) is 41.9 Å². The highest BCUT2D eigenvalue weighted by atomic mass is 35.5. The number of hydrogen-bond acceptors (Lipinski definition) is 11. The highest BCUT2D eigenvalue weighted by molar-refractivity contribution is 8.01. The van der Waals surface area contributed by atoms with Gasteiger partial charge in [-0.1, -0.05) is 52.9 Å².